The molecule has 28 heavy (non-hydrogen) atoms. The molecule has 2 aliphatic rings. The number of nitrogens with zero attached hydrogens (tertiary/aromatic N) is 3. The van der Waals surface area contributed by atoms with Gasteiger partial charge in [-0.3, -0.25) is 14.7 Å². The molecule has 146 valence electrons. The van der Waals surface area contributed by atoms with Gasteiger partial charge < -0.3 is 25.2 Å². The van der Waals surface area contributed by atoms with Gasteiger partial charge in [0.05, 0.1) is 50.1 Å². The van der Waals surface area contributed by atoms with Crippen molar-refractivity contribution in [2.75, 3.05) is 37.0 Å². The first-order chi connectivity index (χ1) is 13.6. The summed E-state index contributed by atoms with van der Waals surface area (Å²) in [5, 5.41) is 14.2. The molecule has 0 aromatic carbocycles. The average Bonchev–Trinajstić information content (AvgIpc) is 2.71. The van der Waals surface area contributed by atoms with Crippen LogP contribution in [0.4, 0.5) is 22.0 Å². The molecule has 0 spiro atoms. The maximum absolute atomic E-state index is 12.6. The lowest BCUT2D eigenvalue weighted by atomic mass is 9.98. The van der Waals surface area contributed by atoms with Crippen molar-refractivity contribution in [1.82, 2.24) is 15.3 Å². The Morgan fingerprint density at radius 2 is 2.36 bits per heavy atom. The van der Waals surface area contributed by atoms with Crippen LogP contribution < -0.4 is 20.3 Å². The summed E-state index contributed by atoms with van der Waals surface area (Å²) in [5.41, 5.74) is 2.88. The van der Waals surface area contributed by atoms with Gasteiger partial charge in [-0.15, -0.1) is 0 Å². The van der Waals surface area contributed by atoms with Crippen molar-refractivity contribution in [2.24, 2.45) is 0 Å². The fraction of sp³-hybridized carbons (Fsp3) is 0.333. The number of hydrogen-bond donors (Lipinski definition) is 3. The molecule has 2 amide bonds. The van der Waals surface area contributed by atoms with E-state index in [9.17, 15) is 9.59 Å². The number of pyridine rings is 2. The molecule has 2 aliphatic heterocycles. The third kappa shape index (κ3) is 3.29. The first-order valence-electron chi connectivity index (χ1n) is 8.72. The highest BCUT2D eigenvalue weighted by Gasteiger charge is 2.30. The van der Waals surface area contributed by atoms with Crippen molar-refractivity contribution in [3.63, 3.8) is 0 Å². The normalized spacial score (nSPS) is 18.0. The number of carbonyl (C=O) groups excluding carboxylic acids is 1. The van der Waals surface area contributed by atoms with Gasteiger partial charge in [-0.05, 0) is 12.1 Å². The smallest absolute Gasteiger partial charge is 0.404 e. The lowest BCUT2D eigenvalue weighted by Gasteiger charge is -2.31. The summed E-state index contributed by atoms with van der Waals surface area (Å²) >= 11 is 0. The van der Waals surface area contributed by atoms with Crippen LogP contribution in [0.1, 0.15) is 17.2 Å². The van der Waals surface area contributed by atoms with Crippen LogP contribution in [-0.4, -0.2) is 53.9 Å². The number of methoxy groups -OCH3 is 1. The molecule has 2 aromatic rings. The van der Waals surface area contributed by atoms with Crippen LogP contribution in [0.3, 0.4) is 0 Å². The average molecular weight is 385 g/mol. The molecule has 4 rings (SSSR count). The molecule has 0 saturated carbocycles. The van der Waals surface area contributed by atoms with E-state index in [0.717, 1.165) is 16.9 Å². The Bertz CT molecular complexity index is 935. The fourth-order valence-corrected chi connectivity index (χ4v) is 3.36. The van der Waals surface area contributed by atoms with Crippen LogP contribution in [0.5, 0.6) is 5.88 Å². The van der Waals surface area contributed by atoms with Crippen LogP contribution in [-0.2, 0) is 16.1 Å². The number of amides is 2. The molecule has 3 N–H and O–H groups in total. The van der Waals surface area contributed by atoms with E-state index >= 15 is 0 Å². The summed E-state index contributed by atoms with van der Waals surface area (Å²) in [6, 6.07) is 5.37. The Hall–Kier alpha value is -3.40. The predicted octanol–water partition coefficient (Wildman–Crippen LogP) is 1.46. The number of carbonyl (C=O) groups is 2. The number of ether oxygens (including phenoxy) is 2. The van der Waals surface area contributed by atoms with Crippen LogP contribution in [0.2, 0.25) is 0 Å². The quantitative estimate of drug-likeness (QED) is 0.722. The number of nitrogens with one attached hydrogen (secondary N) is 2. The molecule has 0 bridgehead atoms. The number of carboxylic acid groups (broad SMARTS) is 1. The monoisotopic (exact) mass is 385 g/mol. The van der Waals surface area contributed by atoms with Gasteiger partial charge in [-0.2, -0.15) is 4.98 Å². The SMILES string of the molecule is COc1ccc2c(n1)N(c1cnc3c(c1)COCC3CNC(=O)O)C(=O)CN2. The third-order valence-corrected chi connectivity index (χ3v) is 4.66. The maximum Gasteiger partial charge on any atom is 0.404 e. The summed E-state index contributed by atoms with van der Waals surface area (Å²) in [5.74, 6) is 0.487. The maximum atomic E-state index is 12.6. The summed E-state index contributed by atoms with van der Waals surface area (Å²) in [6.07, 6.45) is 0.512. The molecule has 0 aliphatic carbocycles. The van der Waals surface area contributed by atoms with Gasteiger partial charge in [-0.25, -0.2) is 4.79 Å². The second-order valence-electron chi connectivity index (χ2n) is 6.44. The van der Waals surface area contributed by atoms with Gasteiger partial charge >= 0.3 is 6.09 Å². The number of aromatic nitrogens is 2. The second kappa shape index (κ2) is 7.31. The molecule has 0 fully saturated rings. The number of rotatable bonds is 4. The number of anilines is 3. The van der Waals surface area contributed by atoms with E-state index in [2.05, 4.69) is 20.6 Å². The first kappa shape index (κ1) is 18.0. The highest BCUT2D eigenvalue weighted by molar-refractivity contribution is 6.07. The minimum absolute atomic E-state index is 0.139. The van der Waals surface area contributed by atoms with Crippen molar-refractivity contribution in [3.8, 4) is 5.88 Å². The molecule has 1 unspecified atom stereocenters. The van der Waals surface area contributed by atoms with Gasteiger partial charge in [0.15, 0.2) is 5.82 Å². The van der Waals surface area contributed by atoms with Crippen LogP contribution >= 0.6 is 0 Å². The van der Waals surface area contributed by atoms with E-state index in [0.29, 0.717) is 30.6 Å². The van der Waals surface area contributed by atoms with Crippen LogP contribution in [0.25, 0.3) is 0 Å². The third-order valence-electron chi connectivity index (χ3n) is 4.66. The molecule has 4 heterocycles. The molecule has 1 atom stereocenters. The molecular weight excluding hydrogens is 366 g/mol. The Labute approximate surface area is 160 Å². The Morgan fingerprint density at radius 1 is 1.50 bits per heavy atom. The summed E-state index contributed by atoms with van der Waals surface area (Å²) < 4.78 is 10.8. The second-order valence-corrected chi connectivity index (χ2v) is 6.44. The largest absolute Gasteiger partial charge is 0.481 e. The van der Waals surface area contributed by atoms with Crippen molar-refractivity contribution in [2.45, 2.75) is 12.5 Å². The minimum atomic E-state index is -1.09. The Kier molecular flexibility index (Phi) is 4.70. The lowest BCUT2D eigenvalue weighted by Crippen LogP contribution is -2.37. The molecule has 0 saturated heterocycles. The van der Waals surface area contributed by atoms with Gasteiger partial charge in [-0.1, -0.05) is 0 Å². The van der Waals surface area contributed by atoms with Crippen LogP contribution in [0.15, 0.2) is 24.4 Å². The zero-order chi connectivity index (χ0) is 19.7. The molecule has 10 heteroatoms. The van der Waals surface area contributed by atoms with Crippen molar-refractivity contribution < 1.29 is 24.2 Å². The zero-order valence-corrected chi connectivity index (χ0v) is 15.1. The summed E-state index contributed by atoms with van der Waals surface area (Å²) in [7, 11) is 1.51. The highest BCUT2D eigenvalue weighted by Crippen LogP contribution is 2.36. The summed E-state index contributed by atoms with van der Waals surface area (Å²) in [6.45, 7) is 1.08. The minimum Gasteiger partial charge on any atom is -0.481 e. The Balaban J connectivity index is 1.69. The standard InChI is InChI=1S/C18H19N5O5/c1-27-14-3-2-13-17(22-14)23(15(24)7-19-13)12-4-10-8-28-9-11(5-21-18(25)26)16(10)20-6-12/h2-4,6,11,19,21H,5,7-9H2,1H3,(H,25,26). The first-order valence-corrected chi connectivity index (χ1v) is 8.72. The Morgan fingerprint density at radius 3 is 3.14 bits per heavy atom. The van der Waals surface area contributed by atoms with E-state index in [1.807, 2.05) is 12.1 Å². The van der Waals surface area contributed by atoms with E-state index in [1.54, 1.807) is 12.3 Å². The van der Waals surface area contributed by atoms with Crippen molar-refractivity contribution in [1.29, 1.82) is 0 Å². The lowest BCUT2D eigenvalue weighted by molar-refractivity contribution is -0.116. The highest BCUT2D eigenvalue weighted by atomic mass is 16.5. The predicted molar refractivity (Wildman–Crippen MR) is 99.1 cm³/mol. The van der Waals surface area contributed by atoms with Gasteiger partial charge in [0.2, 0.25) is 5.88 Å². The van der Waals surface area contributed by atoms with Crippen molar-refractivity contribution >= 4 is 29.2 Å². The van der Waals surface area contributed by atoms with E-state index in [-0.39, 0.29) is 24.9 Å². The van der Waals surface area contributed by atoms with E-state index in [4.69, 9.17) is 14.6 Å². The van der Waals surface area contributed by atoms with Crippen LogP contribution in [0, 0.1) is 0 Å². The van der Waals surface area contributed by atoms with Gasteiger partial charge in [0.1, 0.15) is 0 Å². The van der Waals surface area contributed by atoms with Gasteiger partial charge in [0.25, 0.3) is 5.91 Å². The van der Waals surface area contributed by atoms with E-state index in [1.165, 1.54) is 12.0 Å². The molecule has 10 nitrogen and oxygen atoms in total. The molecule has 0 radical (unpaired) electrons. The molecule has 2 aromatic heterocycles. The van der Waals surface area contributed by atoms with Crippen molar-refractivity contribution in [3.05, 3.63) is 35.7 Å². The van der Waals surface area contributed by atoms with Gasteiger partial charge in [0, 0.05) is 24.1 Å². The summed E-state index contributed by atoms with van der Waals surface area (Å²) in [4.78, 5) is 33.8. The fourth-order valence-electron chi connectivity index (χ4n) is 3.36. The van der Waals surface area contributed by atoms with E-state index < -0.39 is 6.09 Å². The topological polar surface area (TPSA) is 126 Å². The molecular formula is C18H19N5O5. The number of fused-ring (bicyclic) bond motifs is 2. The number of hydrogen-bond acceptors (Lipinski definition) is 7. The zero-order valence-electron chi connectivity index (χ0n) is 15.1.